The Bertz CT molecular complexity index is 1320. The van der Waals surface area contributed by atoms with Crippen molar-refractivity contribution >= 4 is 39.3 Å². The van der Waals surface area contributed by atoms with Gasteiger partial charge in [-0.15, -0.1) is 0 Å². The second kappa shape index (κ2) is 6.70. The van der Waals surface area contributed by atoms with Crippen LogP contribution in [0.1, 0.15) is 23.3 Å². The molecule has 7 nitrogen and oxygen atoms in total. The van der Waals surface area contributed by atoms with Crippen molar-refractivity contribution in [3.05, 3.63) is 63.8 Å². The fourth-order valence-electron chi connectivity index (χ4n) is 4.08. The summed E-state index contributed by atoms with van der Waals surface area (Å²) in [6.07, 6.45) is 5.14. The van der Waals surface area contributed by atoms with Crippen LogP contribution in [0.2, 0.25) is 5.02 Å². The lowest BCUT2D eigenvalue weighted by molar-refractivity contribution is 0.0787. The molecular formula is C21H18ClN5O2. The summed E-state index contributed by atoms with van der Waals surface area (Å²) in [6, 6.07) is 8.81. The average Bonchev–Trinajstić information content (AvgIpc) is 3.36. The molecule has 0 bridgehead atoms. The molecule has 0 atom stereocenters. The van der Waals surface area contributed by atoms with E-state index in [-0.39, 0.29) is 17.2 Å². The first-order valence-electron chi connectivity index (χ1n) is 9.47. The Balaban J connectivity index is 1.91. The summed E-state index contributed by atoms with van der Waals surface area (Å²) < 4.78 is 3.08. The van der Waals surface area contributed by atoms with E-state index in [0.29, 0.717) is 34.7 Å². The molecule has 4 heterocycles. The minimum atomic E-state index is -0.293. The highest BCUT2D eigenvalue weighted by atomic mass is 35.5. The van der Waals surface area contributed by atoms with Gasteiger partial charge in [0.05, 0.1) is 11.2 Å². The zero-order valence-corrected chi connectivity index (χ0v) is 16.6. The van der Waals surface area contributed by atoms with E-state index in [9.17, 15) is 9.59 Å². The maximum Gasteiger partial charge on any atom is 0.296 e. The van der Waals surface area contributed by atoms with E-state index in [1.54, 1.807) is 46.1 Å². The summed E-state index contributed by atoms with van der Waals surface area (Å²) in [5.41, 5.74) is 1.77. The molecule has 8 heteroatoms. The molecule has 146 valence electrons. The summed E-state index contributed by atoms with van der Waals surface area (Å²) >= 11 is 6.20. The smallest absolute Gasteiger partial charge is 0.296 e. The lowest BCUT2D eigenvalue weighted by Crippen LogP contribution is -2.32. The van der Waals surface area contributed by atoms with Crippen molar-refractivity contribution in [1.82, 2.24) is 24.2 Å². The second-order valence-corrected chi connectivity index (χ2v) is 7.65. The van der Waals surface area contributed by atoms with Crippen molar-refractivity contribution in [1.29, 1.82) is 0 Å². The Labute approximate surface area is 171 Å². The summed E-state index contributed by atoms with van der Waals surface area (Å²) in [6.45, 7) is 1.40. The first-order valence-corrected chi connectivity index (χ1v) is 9.84. The number of benzene rings is 1. The Hall–Kier alpha value is -3.19. The first-order chi connectivity index (χ1) is 14.1. The van der Waals surface area contributed by atoms with Crippen LogP contribution in [0.3, 0.4) is 0 Å². The summed E-state index contributed by atoms with van der Waals surface area (Å²) in [7, 11) is 1.81. The number of hydrogen-bond acceptors (Lipinski definition) is 4. The number of likely N-dealkylation sites (tertiary alicyclic amines) is 1. The van der Waals surface area contributed by atoms with Gasteiger partial charge in [-0.05, 0) is 37.1 Å². The lowest BCUT2D eigenvalue weighted by Gasteiger charge is -2.16. The predicted octanol–water partition coefficient (Wildman–Crippen LogP) is 3.16. The third-order valence-corrected chi connectivity index (χ3v) is 5.73. The number of nitrogens with zero attached hydrogens (tertiary/aromatic N) is 5. The number of amides is 1. The SMILES string of the molecule is Cn1c2cc(Cl)ccc2c2c(C(=O)N3CCCC3)nn(-c3ccncc3)c(=O)c21. The van der Waals surface area contributed by atoms with Gasteiger partial charge in [-0.2, -0.15) is 9.78 Å². The second-order valence-electron chi connectivity index (χ2n) is 7.21. The minimum absolute atomic E-state index is 0.155. The molecule has 1 amide bonds. The van der Waals surface area contributed by atoms with E-state index < -0.39 is 0 Å². The average molecular weight is 408 g/mol. The normalized spacial score (nSPS) is 14.2. The van der Waals surface area contributed by atoms with Crippen molar-refractivity contribution in [2.75, 3.05) is 13.1 Å². The van der Waals surface area contributed by atoms with Crippen molar-refractivity contribution in [3.63, 3.8) is 0 Å². The van der Waals surface area contributed by atoms with E-state index in [4.69, 9.17) is 11.6 Å². The number of aryl methyl sites for hydroxylation is 1. The zero-order valence-electron chi connectivity index (χ0n) is 15.8. The van der Waals surface area contributed by atoms with E-state index in [1.165, 1.54) is 4.68 Å². The third kappa shape index (κ3) is 2.73. The molecule has 1 saturated heterocycles. The van der Waals surface area contributed by atoms with E-state index >= 15 is 0 Å². The molecule has 0 radical (unpaired) electrons. The van der Waals surface area contributed by atoms with Gasteiger partial charge in [-0.1, -0.05) is 17.7 Å². The fourth-order valence-corrected chi connectivity index (χ4v) is 4.24. The van der Waals surface area contributed by atoms with Crippen LogP contribution in [-0.4, -0.2) is 43.2 Å². The molecule has 0 N–H and O–H groups in total. The van der Waals surface area contributed by atoms with Crippen LogP contribution in [-0.2, 0) is 7.05 Å². The Morgan fingerprint density at radius 1 is 1.10 bits per heavy atom. The minimum Gasteiger partial charge on any atom is -0.339 e. The van der Waals surface area contributed by atoms with Crippen LogP contribution in [0, 0.1) is 0 Å². The van der Waals surface area contributed by atoms with Gasteiger partial charge in [0.25, 0.3) is 11.5 Å². The van der Waals surface area contributed by atoms with E-state index in [1.807, 2.05) is 13.1 Å². The van der Waals surface area contributed by atoms with Gasteiger partial charge in [0.2, 0.25) is 0 Å². The number of rotatable bonds is 2. The van der Waals surface area contributed by atoms with Gasteiger partial charge in [0.15, 0.2) is 5.69 Å². The van der Waals surface area contributed by atoms with Gasteiger partial charge in [-0.25, -0.2) is 0 Å². The van der Waals surface area contributed by atoms with Gasteiger partial charge in [0.1, 0.15) is 5.52 Å². The standard InChI is InChI=1S/C21H18ClN5O2/c1-25-16-12-13(22)4-5-15(16)17-18(20(28)26-10-2-3-11-26)24-27(21(29)19(17)25)14-6-8-23-9-7-14/h4-9,12H,2-3,10-11H2,1H3. The molecule has 1 fully saturated rings. The summed E-state index contributed by atoms with van der Waals surface area (Å²) in [4.78, 5) is 32.6. The molecular weight excluding hydrogens is 390 g/mol. The quantitative estimate of drug-likeness (QED) is 0.511. The molecule has 0 saturated carbocycles. The first kappa shape index (κ1) is 17.9. The van der Waals surface area contributed by atoms with Crippen LogP contribution < -0.4 is 5.56 Å². The third-order valence-electron chi connectivity index (χ3n) is 5.50. The van der Waals surface area contributed by atoms with Crippen LogP contribution in [0.5, 0.6) is 0 Å². The van der Waals surface area contributed by atoms with Crippen LogP contribution in [0.15, 0.2) is 47.5 Å². The lowest BCUT2D eigenvalue weighted by atomic mass is 10.1. The van der Waals surface area contributed by atoms with Gasteiger partial charge >= 0.3 is 0 Å². The molecule has 4 aromatic rings. The number of hydrogen-bond donors (Lipinski definition) is 0. The molecule has 1 aromatic carbocycles. The predicted molar refractivity (Wildman–Crippen MR) is 112 cm³/mol. The van der Waals surface area contributed by atoms with Crippen LogP contribution in [0.4, 0.5) is 0 Å². The number of aromatic nitrogens is 4. The van der Waals surface area contributed by atoms with Crippen molar-refractivity contribution < 1.29 is 4.79 Å². The summed E-state index contributed by atoms with van der Waals surface area (Å²) in [5.74, 6) is -0.155. The highest BCUT2D eigenvalue weighted by Crippen LogP contribution is 2.31. The number of halogens is 1. The maximum absolute atomic E-state index is 13.4. The molecule has 0 spiro atoms. The molecule has 0 aliphatic carbocycles. The topological polar surface area (TPSA) is 73.0 Å². The Morgan fingerprint density at radius 3 is 2.55 bits per heavy atom. The number of carbonyl (C=O) groups is 1. The molecule has 1 aliphatic rings. The van der Waals surface area contributed by atoms with Crippen LogP contribution >= 0.6 is 11.6 Å². The number of pyridine rings is 1. The van der Waals surface area contributed by atoms with Crippen molar-refractivity contribution in [3.8, 4) is 5.69 Å². The number of carbonyl (C=O) groups excluding carboxylic acids is 1. The largest absolute Gasteiger partial charge is 0.339 e. The fraction of sp³-hybridized carbons (Fsp3) is 0.238. The Morgan fingerprint density at radius 2 is 1.83 bits per heavy atom. The molecule has 3 aromatic heterocycles. The molecule has 0 unspecified atom stereocenters. The Kier molecular flexibility index (Phi) is 4.13. The molecule has 29 heavy (non-hydrogen) atoms. The van der Waals surface area contributed by atoms with Gasteiger partial charge in [0, 0.05) is 48.3 Å². The van der Waals surface area contributed by atoms with Crippen molar-refractivity contribution in [2.45, 2.75) is 12.8 Å². The van der Waals surface area contributed by atoms with Gasteiger partial charge < -0.3 is 9.47 Å². The molecule has 1 aliphatic heterocycles. The van der Waals surface area contributed by atoms with Crippen LogP contribution in [0.25, 0.3) is 27.5 Å². The maximum atomic E-state index is 13.4. The number of fused-ring (bicyclic) bond motifs is 3. The monoisotopic (exact) mass is 407 g/mol. The zero-order chi connectivity index (χ0) is 20.1. The summed E-state index contributed by atoms with van der Waals surface area (Å²) in [5, 5.41) is 6.48. The highest BCUT2D eigenvalue weighted by molar-refractivity contribution is 6.31. The molecule has 5 rings (SSSR count). The van der Waals surface area contributed by atoms with E-state index in [2.05, 4.69) is 10.1 Å². The highest BCUT2D eigenvalue weighted by Gasteiger charge is 2.28. The van der Waals surface area contributed by atoms with Gasteiger partial charge in [-0.3, -0.25) is 14.6 Å². The van der Waals surface area contributed by atoms with E-state index in [0.717, 1.165) is 23.7 Å². The van der Waals surface area contributed by atoms with Crippen molar-refractivity contribution in [2.24, 2.45) is 7.05 Å².